The SMILES string of the molecule is Cc1[c-]oc(=O)c(C(=O)/C=C/C2CCCCC2)c1O.[La]. The Balaban J connectivity index is 0.00000200. The fourth-order valence-corrected chi connectivity index (χ4v) is 2.36. The van der Waals surface area contributed by atoms with Crippen LogP contribution in [0.25, 0.3) is 0 Å². The number of hydrogen-bond acceptors (Lipinski definition) is 4. The van der Waals surface area contributed by atoms with Crippen LogP contribution in [0, 0.1) is 54.7 Å². The molecule has 1 heterocycles. The zero-order chi connectivity index (χ0) is 13.8. The Morgan fingerprint density at radius 1 is 1.35 bits per heavy atom. The molecule has 105 valence electrons. The largest absolute Gasteiger partial charge is 0.564 e. The van der Waals surface area contributed by atoms with Gasteiger partial charge in [-0.05, 0) is 24.8 Å². The minimum absolute atomic E-state index is 0. The molecular weight excluding hydrogens is 383 g/mol. The Bertz CT molecular complexity index is 553. The van der Waals surface area contributed by atoms with Crippen molar-refractivity contribution >= 4 is 5.78 Å². The van der Waals surface area contributed by atoms with Crippen molar-refractivity contribution in [1.82, 2.24) is 0 Å². The van der Waals surface area contributed by atoms with Crippen LogP contribution < -0.4 is 5.63 Å². The summed E-state index contributed by atoms with van der Waals surface area (Å²) in [7, 11) is 0. The topological polar surface area (TPSA) is 67.5 Å². The van der Waals surface area contributed by atoms with Gasteiger partial charge < -0.3 is 14.3 Å². The first-order chi connectivity index (χ1) is 9.09. The molecule has 4 nitrogen and oxygen atoms in total. The second-order valence-corrected chi connectivity index (χ2v) is 4.96. The molecule has 0 bridgehead atoms. The molecule has 0 amide bonds. The minimum Gasteiger partial charge on any atom is -0.564 e. The van der Waals surface area contributed by atoms with E-state index in [1.807, 2.05) is 6.08 Å². The maximum atomic E-state index is 12.0. The third kappa shape index (κ3) is 4.17. The number of rotatable bonds is 3. The van der Waals surface area contributed by atoms with Gasteiger partial charge in [0.1, 0.15) is 0 Å². The second kappa shape index (κ2) is 7.96. The molecule has 1 N–H and O–H groups in total. The summed E-state index contributed by atoms with van der Waals surface area (Å²) in [5, 5.41) is 9.74. The van der Waals surface area contributed by atoms with Crippen molar-refractivity contribution in [3.8, 4) is 5.75 Å². The molecule has 2 rings (SSSR count). The third-order valence-corrected chi connectivity index (χ3v) is 3.51. The molecular formula is C15H17LaO4-. The first kappa shape index (κ1) is 17.4. The number of aromatic hydroxyl groups is 1. The molecule has 1 aliphatic carbocycles. The van der Waals surface area contributed by atoms with E-state index in [0.717, 1.165) is 12.8 Å². The van der Waals surface area contributed by atoms with Crippen LogP contribution >= 0.6 is 0 Å². The van der Waals surface area contributed by atoms with Crippen LogP contribution in [-0.2, 0) is 0 Å². The summed E-state index contributed by atoms with van der Waals surface area (Å²) in [5.74, 6) is -0.452. The van der Waals surface area contributed by atoms with Crippen molar-refractivity contribution in [3.05, 3.63) is 40.0 Å². The predicted octanol–water partition coefficient (Wildman–Crippen LogP) is 2.77. The molecule has 1 aromatic heterocycles. The van der Waals surface area contributed by atoms with Gasteiger partial charge in [-0.3, -0.25) is 4.79 Å². The first-order valence-electron chi connectivity index (χ1n) is 6.56. The number of carbonyl (C=O) groups is 1. The molecule has 1 radical (unpaired) electrons. The molecule has 1 saturated carbocycles. The van der Waals surface area contributed by atoms with Crippen LogP contribution in [0.1, 0.15) is 48.0 Å². The zero-order valence-electron chi connectivity index (χ0n) is 11.5. The van der Waals surface area contributed by atoms with Crippen LogP contribution in [0.4, 0.5) is 0 Å². The third-order valence-electron chi connectivity index (χ3n) is 3.51. The maximum absolute atomic E-state index is 12.0. The van der Waals surface area contributed by atoms with Crippen molar-refractivity contribution in [2.24, 2.45) is 5.92 Å². The van der Waals surface area contributed by atoms with Crippen molar-refractivity contribution in [2.75, 3.05) is 0 Å². The van der Waals surface area contributed by atoms with E-state index in [0.29, 0.717) is 5.92 Å². The van der Waals surface area contributed by atoms with Crippen LogP contribution in [-0.4, -0.2) is 10.9 Å². The summed E-state index contributed by atoms with van der Waals surface area (Å²) in [4.78, 5) is 23.4. The van der Waals surface area contributed by atoms with Crippen LogP contribution in [0.3, 0.4) is 0 Å². The van der Waals surface area contributed by atoms with E-state index in [9.17, 15) is 14.7 Å². The van der Waals surface area contributed by atoms with Crippen molar-refractivity contribution in [1.29, 1.82) is 0 Å². The standard InChI is InChI=1S/C15H17O4.La/c1-10-9-19-15(18)13(14(10)17)12(16)8-7-11-5-3-2-4-6-11;/h7-8,11,17H,2-6H2,1H3;/q-1;/b8-7+;. The van der Waals surface area contributed by atoms with Gasteiger partial charge in [0, 0.05) is 53.2 Å². The average Bonchev–Trinajstić information content (AvgIpc) is 2.42. The molecule has 5 heteroatoms. The van der Waals surface area contributed by atoms with Gasteiger partial charge in [0.05, 0.1) is 0 Å². The Kier molecular flexibility index (Phi) is 6.93. The fraction of sp³-hybridized carbons (Fsp3) is 0.467. The van der Waals surface area contributed by atoms with Crippen molar-refractivity contribution in [3.63, 3.8) is 0 Å². The van der Waals surface area contributed by atoms with E-state index < -0.39 is 11.4 Å². The van der Waals surface area contributed by atoms with Crippen molar-refractivity contribution in [2.45, 2.75) is 39.0 Å². The number of hydrogen-bond donors (Lipinski definition) is 1. The monoisotopic (exact) mass is 400 g/mol. The van der Waals surface area contributed by atoms with Gasteiger partial charge in [-0.2, -0.15) is 0 Å². The Morgan fingerprint density at radius 2 is 2.00 bits per heavy atom. The van der Waals surface area contributed by atoms with Gasteiger partial charge >= 0.3 is 0 Å². The fourth-order valence-electron chi connectivity index (χ4n) is 2.36. The quantitative estimate of drug-likeness (QED) is 0.482. The Labute approximate surface area is 145 Å². The van der Waals surface area contributed by atoms with Crippen LogP contribution in [0.15, 0.2) is 21.4 Å². The van der Waals surface area contributed by atoms with Gasteiger partial charge in [0.2, 0.25) is 5.63 Å². The molecule has 0 spiro atoms. The van der Waals surface area contributed by atoms with Gasteiger partial charge in [-0.15, -0.1) is 0 Å². The summed E-state index contributed by atoms with van der Waals surface area (Å²) < 4.78 is 4.59. The summed E-state index contributed by atoms with van der Waals surface area (Å²) >= 11 is 0. The normalized spacial score (nSPS) is 16.1. The molecule has 0 atom stereocenters. The van der Waals surface area contributed by atoms with E-state index in [1.165, 1.54) is 32.3 Å². The molecule has 0 aliphatic heterocycles. The van der Waals surface area contributed by atoms with Crippen LogP contribution in [0.5, 0.6) is 5.75 Å². The number of carbonyl (C=O) groups excluding carboxylic acids is 1. The van der Waals surface area contributed by atoms with E-state index in [2.05, 4.69) is 10.7 Å². The van der Waals surface area contributed by atoms with E-state index >= 15 is 0 Å². The first-order valence-corrected chi connectivity index (χ1v) is 6.56. The van der Waals surface area contributed by atoms with Gasteiger partial charge in [0.15, 0.2) is 5.78 Å². The molecule has 1 fully saturated rings. The van der Waals surface area contributed by atoms with Gasteiger partial charge in [0.25, 0.3) is 0 Å². The smallest absolute Gasteiger partial charge is 0.232 e. The van der Waals surface area contributed by atoms with E-state index in [-0.39, 0.29) is 52.5 Å². The van der Waals surface area contributed by atoms with Crippen molar-refractivity contribution < 1.29 is 49.9 Å². The molecule has 0 aromatic carbocycles. The minimum atomic E-state index is -0.846. The maximum Gasteiger partial charge on any atom is 0.232 e. The van der Waals surface area contributed by atoms with E-state index in [1.54, 1.807) is 0 Å². The van der Waals surface area contributed by atoms with Gasteiger partial charge in [-0.1, -0.05) is 37.8 Å². The van der Waals surface area contributed by atoms with E-state index in [4.69, 9.17) is 0 Å². The Hall–Kier alpha value is -0.645. The predicted molar refractivity (Wildman–Crippen MR) is 70.3 cm³/mol. The molecule has 0 unspecified atom stereocenters. The van der Waals surface area contributed by atoms with Crippen LogP contribution in [0.2, 0.25) is 0 Å². The van der Waals surface area contributed by atoms with Gasteiger partial charge in [-0.25, -0.2) is 0 Å². The zero-order valence-corrected chi connectivity index (χ0v) is 15.1. The molecule has 1 aromatic rings. The second-order valence-electron chi connectivity index (χ2n) is 4.96. The summed E-state index contributed by atoms with van der Waals surface area (Å²) in [6, 6.07) is 0. The summed E-state index contributed by atoms with van der Waals surface area (Å²) in [5.41, 5.74) is -0.890. The molecule has 20 heavy (non-hydrogen) atoms. The number of ketones is 1. The molecule has 0 saturated heterocycles. The molecule has 1 aliphatic rings. The number of aryl methyl sites for hydroxylation is 1. The Morgan fingerprint density at radius 3 is 2.65 bits per heavy atom. The summed E-state index contributed by atoms with van der Waals surface area (Å²) in [6.45, 7) is 1.53. The summed E-state index contributed by atoms with van der Waals surface area (Å²) in [6.07, 6.45) is 11.2. The average molecular weight is 400 g/mol. The number of allylic oxidation sites excluding steroid dienone is 2.